The number of aryl methyl sites for hydroxylation is 1. The van der Waals surface area contributed by atoms with Crippen LogP contribution in [0.25, 0.3) is 0 Å². The fraction of sp³-hybridized carbons (Fsp3) is 0.625. The standard InChI is InChI=1S/C40H46O17/c1-16-12-21-27(29(43)26-20(28(21)42)10-9-11-22(26)52-19(4)41)30-25(16)31-34-39(48-8,55-30)38(15-49-38)40(56-31,57-34)35(47-7)54-24-14-37(6,46)33(18(3)51-24)53-23-13-36(5,45)32(44)17(2)50-23/h9-12,17-18,23-24,31-35,44-46H,13-15H2,1-8H3/t17?,18?,23?,24?,31?,32?,33?,34?,35-,36?,37?,38+,39-,40?/m1/s1. The molecule has 11 unspecified atom stereocenters. The SMILES string of the molecule is CO[C@H](OC1CC(C)(O)C(OC2CC(C)(O)C(O)C(C)O2)C(C)O1)C12OC3c4c(C)cc5c(c4O[C@](OC)(C3O1)[C@@]21CO1)C(=O)c1c(OC(C)=O)cccc1C5=O. The van der Waals surface area contributed by atoms with E-state index in [1.807, 2.05) is 0 Å². The van der Waals surface area contributed by atoms with Crippen LogP contribution in [-0.2, 0) is 47.4 Å². The molecule has 2 aromatic rings. The van der Waals surface area contributed by atoms with Crippen LogP contribution in [0.3, 0.4) is 0 Å². The molecule has 14 atom stereocenters. The molecule has 1 spiro atoms. The lowest BCUT2D eigenvalue weighted by molar-refractivity contribution is -0.396. The summed E-state index contributed by atoms with van der Waals surface area (Å²) < 4.78 is 68.7. The largest absolute Gasteiger partial charge is 0.455 e. The van der Waals surface area contributed by atoms with Crippen molar-refractivity contribution in [3.63, 3.8) is 0 Å². The molecule has 2 bridgehead atoms. The smallest absolute Gasteiger partial charge is 0.308 e. The number of esters is 1. The number of carbonyl (C=O) groups excluding carboxylic acids is 3. The number of rotatable bonds is 8. The van der Waals surface area contributed by atoms with Crippen LogP contribution < -0.4 is 9.47 Å². The highest BCUT2D eigenvalue weighted by Gasteiger charge is 2.93. The Hall–Kier alpha value is -3.43. The summed E-state index contributed by atoms with van der Waals surface area (Å²) in [5.74, 6) is -5.26. The van der Waals surface area contributed by atoms with E-state index in [1.54, 1.807) is 33.8 Å². The van der Waals surface area contributed by atoms with E-state index in [1.165, 1.54) is 46.3 Å². The quantitative estimate of drug-likeness (QED) is 0.128. The van der Waals surface area contributed by atoms with Gasteiger partial charge in [-0.2, -0.15) is 0 Å². The molecular formula is C40H46O17. The second-order valence-corrected chi connectivity index (χ2v) is 16.5. The number of aliphatic hydroxyl groups is 3. The van der Waals surface area contributed by atoms with Gasteiger partial charge in [-0.25, -0.2) is 0 Å². The van der Waals surface area contributed by atoms with Crippen LogP contribution in [0.5, 0.6) is 11.5 Å². The highest BCUT2D eigenvalue weighted by molar-refractivity contribution is 6.30. The first-order chi connectivity index (χ1) is 26.8. The van der Waals surface area contributed by atoms with Gasteiger partial charge in [0.05, 0.1) is 41.1 Å². The molecule has 3 N–H and O–H groups in total. The molecule has 0 saturated carbocycles. The van der Waals surface area contributed by atoms with Crippen molar-refractivity contribution in [1.82, 2.24) is 0 Å². The Morgan fingerprint density at radius 3 is 2.28 bits per heavy atom. The molecule has 5 fully saturated rings. The minimum absolute atomic E-state index is 0.00320. The van der Waals surface area contributed by atoms with Crippen LogP contribution in [0.4, 0.5) is 0 Å². The van der Waals surface area contributed by atoms with Gasteiger partial charge in [0.15, 0.2) is 24.5 Å². The van der Waals surface area contributed by atoms with Gasteiger partial charge in [-0.15, -0.1) is 0 Å². The maximum absolute atomic E-state index is 14.4. The van der Waals surface area contributed by atoms with E-state index in [-0.39, 0.29) is 53.2 Å². The maximum Gasteiger partial charge on any atom is 0.308 e. The maximum atomic E-state index is 14.4. The van der Waals surface area contributed by atoms with Gasteiger partial charge in [0, 0.05) is 50.7 Å². The van der Waals surface area contributed by atoms with Crippen molar-refractivity contribution in [1.29, 1.82) is 0 Å². The van der Waals surface area contributed by atoms with Crippen molar-refractivity contribution in [3.05, 3.63) is 57.6 Å². The number of hydrogen-bond acceptors (Lipinski definition) is 17. The van der Waals surface area contributed by atoms with Crippen LogP contribution in [0.15, 0.2) is 24.3 Å². The zero-order valence-electron chi connectivity index (χ0n) is 32.7. The van der Waals surface area contributed by atoms with E-state index in [0.717, 1.165) is 0 Å². The first kappa shape index (κ1) is 39.1. The highest BCUT2D eigenvalue weighted by atomic mass is 16.9. The molecule has 1 aliphatic carbocycles. The van der Waals surface area contributed by atoms with Crippen LogP contribution in [0, 0.1) is 6.92 Å². The van der Waals surface area contributed by atoms with Gasteiger partial charge in [0.1, 0.15) is 29.8 Å². The number of methoxy groups -OCH3 is 2. The number of benzene rings is 2. The van der Waals surface area contributed by atoms with Gasteiger partial charge in [0.25, 0.3) is 11.6 Å². The first-order valence-corrected chi connectivity index (χ1v) is 18.9. The molecule has 9 rings (SSSR count). The fourth-order valence-electron chi connectivity index (χ4n) is 9.86. The Morgan fingerprint density at radius 1 is 0.947 bits per heavy atom. The molecule has 0 radical (unpaired) electrons. The van der Waals surface area contributed by atoms with Gasteiger partial charge < -0.3 is 67.4 Å². The van der Waals surface area contributed by atoms with Crippen molar-refractivity contribution in [3.8, 4) is 11.5 Å². The number of carbonyl (C=O) groups is 3. The van der Waals surface area contributed by atoms with Gasteiger partial charge in [-0.05, 0) is 52.3 Å². The van der Waals surface area contributed by atoms with Crippen molar-refractivity contribution in [2.24, 2.45) is 0 Å². The lowest BCUT2D eigenvalue weighted by Gasteiger charge is -2.51. The third-order valence-corrected chi connectivity index (χ3v) is 12.5. The van der Waals surface area contributed by atoms with Crippen molar-refractivity contribution < 1.29 is 81.8 Å². The zero-order chi connectivity index (χ0) is 40.8. The van der Waals surface area contributed by atoms with Crippen molar-refractivity contribution >= 4 is 17.5 Å². The van der Waals surface area contributed by atoms with Crippen LogP contribution in [0.1, 0.15) is 96.5 Å². The monoisotopic (exact) mass is 798 g/mol. The molecule has 17 heteroatoms. The fourth-order valence-corrected chi connectivity index (χ4v) is 9.86. The lowest BCUT2D eigenvalue weighted by Crippen LogP contribution is -2.70. The minimum atomic E-state index is -1.83. The molecule has 0 aromatic heterocycles. The number of ether oxygens (including phenoxy) is 11. The zero-order valence-corrected chi connectivity index (χ0v) is 32.7. The van der Waals surface area contributed by atoms with Crippen LogP contribution in [0.2, 0.25) is 0 Å². The molecule has 308 valence electrons. The minimum Gasteiger partial charge on any atom is -0.455 e. The average molecular weight is 799 g/mol. The normalized spacial score (nSPS) is 42.9. The van der Waals surface area contributed by atoms with Crippen LogP contribution >= 0.6 is 0 Å². The molecule has 57 heavy (non-hydrogen) atoms. The number of ketones is 2. The Kier molecular flexibility index (Phi) is 8.76. The second-order valence-electron chi connectivity index (χ2n) is 16.5. The van der Waals surface area contributed by atoms with E-state index in [2.05, 4.69) is 0 Å². The van der Waals surface area contributed by atoms with Crippen LogP contribution in [-0.4, -0.2) is 131 Å². The summed E-state index contributed by atoms with van der Waals surface area (Å²) in [6.07, 6.45) is -8.98. The Labute approximate surface area is 327 Å². The Bertz CT molecular complexity index is 2060. The predicted molar refractivity (Wildman–Crippen MR) is 188 cm³/mol. The third-order valence-electron chi connectivity index (χ3n) is 12.5. The highest BCUT2D eigenvalue weighted by Crippen LogP contribution is 2.71. The summed E-state index contributed by atoms with van der Waals surface area (Å²) in [7, 11) is 2.80. The Balaban J connectivity index is 1.02. The number of aliphatic hydroxyl groups excluding tert-OH is 1. The van der Waals surface area contributed by atoms with E-state index in [9.17, 15) is 29.7 Å². The van der Waals surface area contributed by atoms with Crippen molar-refractivity contribution in [2.75, 3.05) is 20.8 Å². The van der Waals surface area contributed by atoms with Gasteiger partial charge in [-0.3, -0.25) is 14.4 Å². The van der Waals surface area contributed by atoms with Gasteiger partial charge in [0.2, 0.25) is 17.7 Å². The molecule has 7 aliphatic rings. The molecule has 6 aliphatic heterocycles. The first-order valence-electron chi connectivity index (χ1n) is 18.9. The predicted octanol–water partition coefficient (Wildman–Crippen LogP) is 1.87. The van der Waals surface area contributed by atoms with Crippen molar-refractivity contribution in [2.45, 2.75) is 138 Å². The van der Waals surface area contributed by atoms with E-state index < -0.39 is 101 Å². The topological polar surface area (TPSA) is 217 Å². The average Bonchev–Trinajstić information content (AvgIpc) is 3.80. The molecule has 0 amide bonds. The third kappa shape index (κ3) is 5.28. The second kappa shape index (κ2) is 12.8. The Morgan fingerprint density at radius 2 is 1.65 bits per heavy atom. The number of epoxide rings is 1. The summed E-state index contributed by atoms with van der Waals surface area (Å²) in [4.78, 5) is 40.4. The van der Waals surface area contributed by atoms with E-state index in [0.29, 0.717) is 11.1 Å². The van der Waals surface area contributed by atoms with E-state index in [4.69, 9.17) is 52.1 Å². The number of fused-ring (bicyclic) bond motifs is 8. The molecule has 5 saturated heterocycles. The van der Waals surface area contributed by atoms with Gasteiger partial charge >= 0.3 is 5.97 Å². The molecule has 6 heterocycles. The molecule has 2 aromatic carbocycles. The summed E-state index contributed by atoms with van der Waals surface area (Å²) in [6.45, 7) is 9.36. The summed E-state index contributed by atoms with van der Waals surface area (Å²) in [6, 6.07) is 6.10. The summed E-state index contributed by atoms with van der Waals surface area (Å²) in [5.41, 5.74) is -3.44. The summed E-state index contributed by atoms with van der Waals surface area (Å²) in [5, 5.41) is 32.9. The van der Waals surface area contributed by atoms with Gasteiger partial charge in [-0.1, -0.05) is 12.1 Å². The number of hydrogen-bond donors (Lipinski definition) is 3. The summed E-state index contributed by atoms with van der Waals surface area (Å²) >= 11 is 0. The molecular weight excluding hydrogens is 752 g/mol. The molecule has 17 nitrogen and oxygen atoms in total. The van der Waals surface area contributed by atoms with E-state index >= 15 is 0 Å². The lowest BCUT2D eigenvalue weighted by atomic mass is 9.75.